The van der Waals surface area contributed by atoms with E-state index in [1.165, 1.54) is 12.6 Å². The molecule has 1 N–H and O–H groups in total. The van der Waals surface area contributed by atoms with Crippen LogP contribution in [0.2, 0.25) is 0 Å². The number of oxazole rings is 1. The Bertz CT molecular complexity index is 278. The largest absolute Gasteiger partial charge is 0.438 e. The predicted octanol–water partition coefficient (Wildman–Crippen LogP) is 1.59. The maximum Gasteiger partial charge on any atom is 0.289 e. The molecule has 0 aromatic carbocycles. The smallest absolute Gasteiger partial charge is 0.289 e. The van der Waals surface area contributed by atoms with Crippen LogP contribution in [0.15, 0.2) is 17.0 Å². The van der Waals surface area contributed by atoms with Gasteiger partial charge in [0.2, 0.25) is 5.76 Å². The van der Waals surface area contributed by atoms with Crippen LogP contribution in [0, 0.1) is 0 Å². The molecule has 0 fully saturated rings. The summed E-state index contributed by atoms with van der Waals surface area (Å²) in [6.07, 6.45) is 3.52. The first-order valence-corrected chi connectivity index (χ1v) is 4.26. The van der Waals surface area contributed by atoms with Gasteiger partial charge in [-0.05, 0) is 20.3 Å². The molecule has 0 saturated carbocycles. The lowest BCUT2D eigenvalue weighted by Crippen LogP contribution is -2.42. The number of nitrogens with zero attached hydrogens (tertiary/aromatic N) is 1. The van der Waals surface area contributed by atoms with Gasteiger partial charge in [0, 0.05) is 5.54 Å². The monoisotopic (exact) mass is 182 g/mol. The number of carbonyl (C=O) groups is 1. The lowest BCUT2D eigenvalue weighted by atomic mass is 10.0. The zero-order valence-corrected chi connectivity index (χ0v) is 8.13. The summed E-state index contributed by atoms with van der Waals surface area (Å²) in [5.41, 5.74) is -0.204. The molecule has 4 nitrogen and oxygen atoms in total. The SMILES string of the molecule is CCC(C)(C)NC(=O)c1cnco1. The van der Waals surface area contributed by atoms with E-state index in [0.717, 1.165) is 6.42 Å². The molecule has 0 saturated heterocycles. The van der Waals surface area contributed by atoms with E-state index in [1.54, 1.807) is 0 Å². The minimum Gasteiger partial charge on any atom is -0.438 e. The normalized spacial score (nSPS) is 11.3. The third-order valence-corrected chi connectivity index (χ3v) is 1.99. The van der Waals surface area contributed by atoms with Gasteiger partial charge in [-0.25, -0.2) is 4.98 Å². The van der Waals surface area contributed by atoms with Crippen molar-refractivity contribution in [2.24, 2.45) is 0 Å². The minimum atomic E-state index is -0.218. The molecule has 0 bridgehead atoms. The van der Waals surface area contributed by atoms with E-state index in [4.69, 9.17) is 4.42 Å². The van der Waals surface area contributed by atoms with Crippen molar-refractivity contribution in [2.75, 3.05) is 0 Å². The van der Waals surface area contributed by atoms with E-state index in [9.17, 15) is 4.79 Å². The Balaban J connectivity index is 2.61. The highest BCUT2D eigenvalue weighted by Gasteiger charge is 2.20. The van der Waals surface area contributed by atoms with Gasteiger partial charge >= 0.3 is 0 Å². The van der Waals surface area contributed by atoms with Crippen LogP contribution in [-0.2, 0) is 0 Å². The lowest BCUT2D eigenvalue weighted by molar-refractivity contribution is 0.0882. The first kappa shape index (κ1) is 9.77. The standard InChI is InChI=1S/C9H14N2O2/c1-4-9(2,3)11-8(12)7-5-10-6-13-7/h5-6H,4H2,1-3H3,(H,11,12). The fourth-order valence-electron chi connectivity index (χ4n) is 0.785. The van der Waals surface area contributed by atoms with Crippen LogP contribution in [0.3, 0.4) is 0 Å². The van der Waals surface area contributed by atoms with Crippen molar-refractivity contribution >= 4 is 5.91 Å². The molecule has 0 aliphatic carbocycles. The topological polar surface area (TPSA) is 55.1 Å². The Morgan fingerprint density at radius 3 is 2.85 bits per heavy atom. The van der Waals surface area contributed by atoms with Gasteiger partial charge in [-0.15, -0.1) is 0 Å². The summed E-state index contributed by atoms with van der Waals surface area (Å²) in [4.78, 5) is 15.1. The van der Waals surface area contributed by atoms with E-state index < -0.39 is 0 Å². The molecule has 4 heteroatoms. The van der Waals surface area contributed by atoms with E-state index in [0.29, 0.717) is 0 Å². The van der Waals surface area contributed by atoms with Gasteiger partial charge in [0.25, 0.3) is 5.91 Å². The number of hydrogen-bond donors (Lipinski definition) is 1. The van der Waals surface area contributed by atoms with Crippen molar-refractivity contribution in [1.82, 2.24) is 10.3 Å². The van der Waals surface area contributed by atoms with E-state index in [-0.39, 0.29) is 17.2 Å². The maximum absolute atomic E-state index is 11.4. The first-order valence-electron chi connectivity index (χ1n) is 4.26. The molecule has 13 heavy (non-hydrogen) atoms. The number of nitrogens with one attached hydrogen (secondary N) is 1. The van der Waals surface area contributed by atoms with Crippen molar-refractivity contribution in [3.05, 3.63) is 18.4 Å². The highest BCUT2D eigenvalue weighted by atomic mass is 16.3. The molecule has 1 heterocycles. The Kier molecular flexibility index (Phi) is 2.70. The summed E-state index contributed by atoms with van der Waals surface area (Å²) >= 11 is 0. The quantitative estimate of drug-likeness (QED) is 0.772. The van der Waals surface area contributed by atoms with Gasteiger partial charge in [-0.1, -0.05) is 6.92 Å². The van der Waals surface area contributed by atoms with Crippen LogP contribution in [0.5, 0.6) is 0 Å². The second-order valence-corrected chi connectivity index (χ2v) is 3.56. The van der Waals surface area contributed by atoms with E-state index >= 15 is 0 Å². The second kappa shape index (κ2) is 3.60. The van der Waals surface area contributed by atoms with Gasteiger partial charge in [-0.2, -0.15) is 0 Å². The van der Waals surface area contributed by atoms with Crippen molar-refractivity contribution in [2.45, 2.75) is 32.7 Å². The van der Waals surface area contributed by atoms with Gasteiger partial charge in [0.1, 0.15) is 0 Å². The molecule has 72 valence electrons. The van der Waals surface area contributed by atoms with E-state index in [1.807, 2.05) is 20.8 Å². The Hall–Kier alpha value is -1.32. The van der Waals surface area contributed by atoms with Crippen molar-refractivity contribution in [3.63, 3.8) is 0 Å². The Morgan fingerprint density at radius 1 is 1.69 bits per heavy atom. The highest BCUT2D eigenvalue weighted by Crippen LogP contribution is 2.08. The molecule has 0 atom stereocenters. The molecule has 1 rings (SSSR count). The minimum absolute atomic E-state index is 0.204. The molecule has 0 radical (unpaired) electrons. The van der Waals surface area contributed by atoms with Crippen molar-refractivity contribution in [3.8, 4) is 0 Å². The average Bonchev–Trinajstić information content (AvgIpc) is 2.55. The van der Waals surface area contributed by atoms with Crippen LogP contribution in [0.4, 0.5) is 0 Å². The number of amides is 1. The highest BCUT2D eigenvalue weighted by molar-refractivity contribution is 5.91. The fourth-order valence-corrected chi connectivity index (χ4v) is 0.785. The summed E-state index contributed by atoms with van der Waals surface area (Å²) in [6, 6.07) is 0. The van der Waals surface area contributed by atoms with Gasteiger partial charge in [-0.3, -0.25) is 4.79 Å². The van der Waals surface area contributed by atoms with Gasteiger partial charge in [0.05, 0.1) is 6.20 Å². The first-order chi connectivity index (χ1) is 6.05. The van der Waals surface area contributed by atoms with Crippen LogP contribution in [0.25, 0.3) is 0 Å². The maximum atomic E-state index is 11.4. The zero-order valence-electron chi connectivity index (χ0n) is 8.13. The molecule has 1 amide bonds. The van der Waals surface area contributed by atoms with Crippen LogP contribution in [0.1, 0.15) is 37.7 Å². The van der Waals surface area contributed by atoms with Crippen LogP contribution in [-0.4, -0.2) is 16.4 Å². The van der Waals surface area contributed by atoms with Crippen molar-refractivity contribution < 1.29 is 9.21 Å². The summed E-state index contributed by atoms with van der Waals surface area (Å²) in [7, 11) is 0. The van der Waals surface area contributed by atoms with Crippen molar-refractivity contribution in [1.29, 1.82) is 0 Å². The molecule has 0 spiro atoms. The summed E-state index contributed by atoms with van der Waals surface area (Å²) in [5, 5.41) is 2.84. The summed E-state index contributed by atoms with van der Waals surface area (Å²) < 4.78 is 4.86. The summed E-state index contributed by atoms with van der Waals surface area (Å²) in [5.74, 6) is 0.0332. The molecule has 1 aromatic rings. The molecule has 1 aromatic heterocycles. The van der Waals surface area contributed by atoms with Gasteiger partial charge in [0.15, 0.2) is 6.39 Å². The Labute approximate surface area is 77.3 Å². The second-order valence-electron chi connectivity index (χ2n) is 3.56. The summed E-state index contributed by atoms with van der Waals surface area (Å²) in [6.45, 7) is 5.93. The zero-order chi connectivity index (χ0) is 9.90. The lowest BCUT2D eigenvalue weighted by Gasteiger charge is -2.23. The molecular formula is C9H14N2O2. The molecular weight excluding hydrogens is 168 g/mol. The third kappa shape index (κ3) is 2.57. The molecule has 0 unspecified atom stereocenters. The number of aromatic nitrogens is 1. The van der Waals surface area contributed by atoms with E-state index in [2.05, 4.69) is 10.3 Å². The van der Waals surface area contributed by atoms with Crippen LogP contribution < -0.4 is 5.32 Å². The average molecular weight is 182 g/mol. The predicted molar refractivity (Wildman–Crippen MR) is 48.3 cm³/mol. The number of rotatable bonds is 3. The number of carbonyl (C=O) groups excluding carboxylic acids is 1. The van der Waals surface area contributed by atoms with Crippen LogP contribution >= 0.6 is 0 Å². The molecule has 0 aliphatic rings. The Morgan fingerprint density at radius 2 is 2.38 bits per heavy atom. The fraction of sp³-hybridized carbons (Fsp3) is 0.556. The third-order valence-electron chi connectivity index (χ3n) is 1.99. The molecule has 0 aliphatic heterocycles. The number of hydrogen-bond acceptors (Lipinski definition) is 3. The van der Waals surface area contributed by atoms with Gasteiger partial charge < -0.3 is 9.73 Å².